The number of carbonyl (C=O) groups is 2. The summed E-state index contributed by atoms with van der Waals surface area (Å²) in [7, 11) is -2.23. The topological polar surface area (TPSA) is 96.0 Å². The van der Waals surface area contributed by atoms with Crippen molar-refractivity contribution in [3.63, 3.8) is 0 Å². The van der Waals surface area contributed by atoms with Crippen LogP contribution in [0.4, 0.5) is 5.69 Å². The molecule has 0 aliphatic carbocycles. The second-order valence-electron chi connectivity index (χ2n) is 10.0. The van der Waals surface area contributed by atoms with Crippen LogP contribution < -0.4 is 14.4 Å². The molecule has 0 spiro atoms. The van der Waals surface area contributed by atoms with E-state index < -0.39 is 34.1 Å². The van der Waals surface area contributed by atoms with Gasteiger partial charge in [0.15, 0.2) is 0 Å². The van der Waals surface area contributed by atoms with E-state index in [2.05, 4.69) is 5.32 Å². The van der Waals surface area contributed by atoms with Gasteiger partial charge < -0.3 is 15.0 Å². The Kier molecular flexibility index (Phi) is 9.54. The third-order valence-corrected chi connectivity index (χ3v) is 7.02. The molecule has 0 radical (unpaired) electrons. The zero-order chi connectivity index (χ0) is 27.3. The van der Waals surface area contributed by atoms with Crippen LogP contribution in [0.25, 0.3) is 0 Å². The average Bonchev–Trinajstić information content (AvgIpc) is 2.77. The Hall–Kier alpha value is -3.07. The van der Waals surface area contributed by atoms with Gasteiger partial charge in [-0.15, -0.1) is 0 Å². The lowest BCUT2D eigenvalue weighted by Crippen LogP contribution is -2.55. The molecule has 36 heavy (non-hydrogen) atoms. The van der Waals surface area contributed by atoms with Gasteiger partial charge in [-0.1, -0.05) is 31.2 Å². The fraction of sp³-hybridized carbons (Fsp3) is 0.481. The minimum atomic E-state index is -3.79. The Morgan fingerprint density at radius 2 is 1.72 bits per heavy atom. The molecule has 1 atom stereocenters. The van der Waals surface area contributed by atoms with Crippen LogP contribution >= 0.6 is 0 Å². The number of sulfonamides is 1. The molecule has 2 rings (SSSR count). The number of anilines is 1. The van der Waals surface area contributed by atoms with Crippen molar-refractivity contribution in [3.8, 4) is 5.75 Å². The molecular formula is C27H39N3O5S. The molecule has 0 saturated heterocycles. The van der Waals surface area contributed by atoms with Crippen molar-refractivity contribution in [2.75, 3.05) is 24.2 Å². The lowest BCUT2D eigenvalue weighted by atomic mass is 10.1. The summed E-state index contributed by atoms with van der Waals surface area (Å²) in [5, 5.41) is 2.96. The van der Waals surface area contributed by atoms with E-state index >= 15 is 0 Å². The molecule has 1 N–H and O–H groups in total. The number of ether oxygens (including phenoxy) is 1. The van der Waals surface area contributed by atoms with Gasteiger partial charge in [0.25, 0.3) is 0 Å². The van der Waals surface area contributed by atoms with Crippen LogP contribution in [-0.2, 0) is 26.2 Å². The zero-order valence-corrected chi connectivity index (χ0v) is 23.4. The maximum Gasteiger partial charge on any atom is 0.244 e. The molecular weight excluding hydrogens is 478 g/mol. The van der Waals surface area contributed by atoms with E-state index in [9.17, 15) is 18.0 Å². The van der Waals surface area contributed by atoms with Gasteiger partial charge >= 0.3 is 0 Å². The molecule has 0 fully saturated rings. The molecule has 198 valence electrons. The first-order valence-electron chi connectivity index (χ1n) is 12.0. The van der Waals surface area contributed by atoms with Crippen molar-refractivity contribution < 1.29 is 22.7 Å². The largest absolute Gasteiger partial charge is 0.497 e. The van der Waals surface area contributed by atoms with E-state index in [1.165, 1.54) is 4.90 Å². The SMILES string of the molecule is CCC(C(=O)NC(C)(C)C)N(Cc1cccc(OC)c1)C(=O)CN(c1cccc(C)c1C)S(C)(=O)=O. The fourth-order valence-corrected chi connectivity index (χ4v) is 4.84. The summed E-state index contributed by atoms with van der Waals surface area (Å²) in [4.78, 5) is 28.5. The summed E-state index contributed by atoms with van der Waals surface area (Å²) in [5.41, 5.74) is 2.40. The highest BCUT2D eigenvalue weighted by Gasteiger charge is 2.33. The van der Waals surface area contributed by atoms with E-state index in [4.69, 9.17) is 4.74 Å². The van der Waals surface area contributed by atoms with E-state index in [-0.39, 0.29) is 12.5 Å². The molecule has 0 aromatic heterocycles. The van der Waals surface area contributed by atoms with Crippen molar-refractivity contribution in [1.29, 1.82) is 0 Å². The van der Waals surface area contributed by atoms with E-state index in [0.717, 1.165) is 27.3 Å². The summed E-state index contributed by atoms with van der Waals surface area (Å²) in [5.74, 6) is -0.140. The summed E-state index contributed by atoms with van der Waals surface area (Å²) in [6.45, 7) is 10.9. The Balaban J connectivity index is 2.52. The Bertz CT molecular complexity index is 1190. The quantitative estimate of drug-likeness (QED) is 0.517. The molecule has 0 bridgehead atoms. The third kappa shape index (κ3) is 7.71. The van der Waals surface area contributed by atoms with Crippen molar-refractivity contribution in [2.45, 2.75) is 66.1 Å². The Morgan fingerprint density at radius 1 is 1.08 bits per heavy atom. The van der Waals surface area contributed by atoms with Crippen molar-refractivity contribution in [2.24, 2.45) is 0 Å². The standard InChI is InChI=1S/C27H39N3O5S/c1-9-23(26(32)28-27(4,5)6)29(17-21-13-11-14-22(16-21)35-7)25(31)18-30(36(8,33)34)24-15-10-12-19(2)20(24)3/h10-16,23H,9,17-18H2,1-8H3,(H,28,32). The van der Waals surface area contributed by atoms with Crippen molar-refractivity contribution in [3.05, 3.63) is 59.2 Å². The van der Waals surface area contributed by atoms with Crippen molar-refractivity contribution in [1.82, 2.24) is 10.2 Å². The summed E-state index contributed by atoms with van der Waals surface area (Å²) in [6.07, 6.45) is 1.44. The summed E-state index contributed by atoms with van der Waals surface area (Å²) >= 11 is 0. The number of amides is 2. The summed E-state index contributed by atoms with van der Waals surface area (Å²) < 4.78 is 32.1. The predicted molar refractivity (Wildman–Crippen MR) is 144 cm³/mol. The molecule has 2 aromatic carbocycles. The highest BCUT2D eigenvalue weighted by molar-refractivity contribution is 7.92. The van der Waals surface area contributed by atoms with Gasteiger partial charge in [-0.2, -0.15) is 0 Å². The minimum Gasteiger partial charge on any atom is -0.497 e. The number of benzene rings is 2. The van der Waals surface area contributed by atoms with E-state index in [0.29, 0.717) is 17.9 Å². The zero-order valence-electron chi connectivity index (χ0n) is 22.6. The number of methoxy groups -OCH3 is 1. The summed E-state index contributed by atoms with van der Waals surface area (Å²) in [6, 6.07) is 11.8. The minimum absolute atomic E-state index is 0.122. The molecule has 8 nitrogen and oxygen atoms in total. The molecule has 2 amide bonds. The van der Waals surface area contributed by atoms with Crippen LogP contribution in [0.15, 0.2) is 42.5 Å². The van der Waals surface area contributed by atoms with Crippen LogP contribution in [0.5, 0.6) is 5.75 Å². The number of aryl methyl sites for hydroxylation is 1. The molecule has 0 heterocycles. The van der Waals surface area contributed by atoms with Crippen LogP contribution in [0.2, 0.25) is 0 Å². The normalized spacial score (nSPS) is 12.6. The number of hydrogen-bond donors (Lipinski definition) is 1. The Morgan fingerprint density at radius 3 is 2.28 bits per heavy atom. The highest BCUT2D eigenvalue weighted by Crippen LogP contribution is 2.26. The highest BCUT2D eigenvalue weighted by atomic mass is 32.2. The maximum atomic E-state index is 13.8. The first-order chi connectivity index (χ1) is 16.7. The lowest BCUT2D eigenvalue weighted by molar-refractivity contribution is -0.141. The number of hydrogen-bond acceptors (Lipinski definition) is 5. The van der Waals surface area contributed by atoms with Gasteiger partial charge in [-0.05, 0) is 75.9 Å². The number of carbonyl (C=O) groups excluding carboxylic acids is 2. The van der Waals surface area contributed by atoms with Gasteiger partial charge in [-0.25, -0.2) is 8.42 Å². The molecule has 0 saturated carbocycles. The van der Waals surface area contributed by atoms with Gasteiger partial charge in [-0.3, -0.25) is 13.9 Å². The molecule has 9 heteroatoms. The number of nitrogens with zero attached hydrogens (tertiary/aromatic N) is 2. The van der Waals surface area contributed by atoms with Crippen LogP contribution in [0, 0.1) is 13.8 Å². The number of nitrogens with one attached hydrogen (secondary N) is 1. The van der Waals surface area contributed by atoms with Crippen LogP contribution in [0.3, 0.4) is 0 Å². The first-order valence-corrected chi connectivity index (χ1v) is 13.8. The van der Waals surface area contributed by atoms with E-state index in [1.54, 1.807) is 31.4 Å². The molecule has 0 aliphatic rings. The van der Waals surface area contributed by atoms with Gasteiger partial charge in [0.05, 0.1) is 19.1 Å². The fourth-order valence-electron chi connectivity index (χ4n) is 3.94. The maximum absolute atomic E-state index is 13.8. The van der Waals surface area contributed by atoms with Crippen LogP contribution in [0.1, 0.15) is 50.8 Å². The second-order valence-corrected chi connectivity index (χ2v) is 11.9. The molecule has 1 unspecified atom stereocenters. The number of rotatable bonds is 10. The van der Waals surface area contributed by atoms with Crippen LogP contribution in [-0.4, -0.2) is 56.6 Å². The predicted octanol–water partition coefficient (Wildman–Crippen LogP) is 3.80. The smallest absolute Gasteiger partial charge is 0.244 e. The third-order valence-electron chi connectivity index (χ3n) is 5.90. The Labute approximate surface area is 215 Å². The first kappa shape index (κ1) is 29.2. The van der Waals surface area contributed by atoms with E-state index in [1.807, 2.05) is 59.7 Å². The molecule has 2 aromatic rings. The average molecular weight is 518 g/mol. The lowest BCUT2D eigenvalue weighted by Gasteiger charge is -2.34. The monoisotopic (exact) mass is 517 g/mol. The molecule has 0 aliphatic heterocycles. The van der Waals surface area contributed by atoms with Gasteiger partial charge in [0.1, 0.15) is 18.3 Å². The van der Waals surface area contributed by atoms with Crippen molar-refractivity contribution >= 4 is 27.5 Å². The second kappa shape index (κ2) is 11.8. The van der Waals surface area contributed by atoms with Gasteiger partial charge in [0.2, 0.25) is 21.8 Å². The van der Waals surface area contributed by atoms with Gasteiger partial charge in [0, 0.05) is 12.1 Å².